The molecule has 0 aromatic rings. The van der Waals surface area contributed by atoms with Crippen molar-refractivity contribution >= 4 is 5.97 Å². The lowest BCUT2D eigenvalue weighted by atomic mass is 9.68. The normalized spacial score (nSPS) is 28.2. The molecule has 1 fully saturated rings. The van der Waals surface area contributed by atoms with Crippen molar-refractivity contribution in [2.75, 3.05) is 0 Å². The first kappa shape index (κ1) is 15.5. The molecule has 1 N–H and O–H groups in total. The van der Waals surface area contributed by atoms with Crippen LogP contribution < -0.4 is 0 Å². The smallest absolute Gasteiger partial charge is 0.309 e. The molecular formula is C16H30O2. The van der Waals surface area contributed by atoms with Crippen molar-refractivity contribution in [2.45, 2.75) is 84.5 Å². The molecule has 0 radical (unpaired) electrons. The van der Waals surface area contributed by atoms with E-state index in [0.717, 1.165) is 44.4 Å². The summed E-state index contributed by atoms with van der Waals surface area (Å²) < 4.78 is 0. The quantitative estimate of drug-likeness (QED) is 0.618. The molecule has 0 spiro atoms. The third-order valence-electron chi connectivity index (χ3n) is 4.69. The second-order valence-corrected chi connectivity index (χ2v) is 6.29. The van der Waals surface area contributed by atoms with Crippen LogP contribution in [-0.4, -0.2) is 11.1 Å². The van der Waals surface area contributed by atoms with E-state index in [-0.39, 0.29) is 5.41 Å². The second-order valence-electron chi connectivity index (χ2n) is 6.29. The van der Waals surface area contributed by atoms with Crippen LogP contribution in [0.4, 0.5) is 0 Å². The predicted octanol–water partition coefficient (Wildman–Crippen LogP) is 5.02. The van der Waals surface area contributed by atoms with Crippen molar-refractivity contribution in [2.24, 2.45) is 11.3 Å². The number of carboxylic acid groups (broad SMARTS) is 1. The molecule has 106 valence electrons. The van der Waals surface area contributed by atoms with Crippen LogP contribution in [0.15, 0.2) is 0 Å². The number of hydrogen-bond acceptors (Lipinski definition) is 1. The maximum Gasteiger partial charge on any atom is 0.309 e. The molecule has 1 saturated carbocycles. The number of unbranched alkanes of at least 4 members (excludes halogenated alkanes) is 5. The molecule has 0 heterocycles. The van der Waals surface area contributed by atoms with Gasteiger partial charge >= 0.3 is 5.97 Å². The zero-order chi connectivity index (χ0) is 13.4. The van der Waals surface area contributed by atoms with Crippen LogP contribution in [0.1, 0.15) is 84.5 Å². The monoisotopic (exact) mass is 254 g/mol. The van der Waals surface area contributed by atoms with Gasteiger partial charge < -0.3 is 5.11 Å². The van der Waals surface area contributed by atoms with E-state index in [1.807, 2.05) is 0 Å². The van der Waals surface area contributed by atoms with Gasteiger partial charge in [0, 0.05) is 0 Å². The van der Waals surface area contributed by atoms with Crippen molar-refractivity contribution in [1.29, 1.82) is 0 Å². The summed E-state index contributed by atoms with van der Waals surface area (Å²) in [6.07, 6.45) is 12.4. The van der Waals surface area contributed by atoms with Gasteiger partial charge in [0.1, 0.15) is 0 Å². The lowest BCUT2D eigenvalue weighted by molar-refractivity contribution is -0.152. The van der Waals surface area contributed by atoms with Crippen molar-refractivity contribution in [3.05, 3.63) is 0 Å². The highest BCUT2D eigenvalue weighted by Crippen LogP contribution is 2.43. The summed E-state index contributed by atoms with van der Waals surface area (Å²) in [6, 6.07) is 0. The third-order valence-corrected chi connectivity index (χ3v) is 4.69. The number of rotatable bonds is 8. The van der Waals surface area contributed by atoms with Gasteiger partial charge in [-0.2, -0.15) is 0 Å². The van der Waals surface area contributed by atoms with Crippen LogP contribution in [0.2, 0.25) is 0 Å². The molecule has 0 aromatic heterocycles. The van der Waals surface area contributed by atoms with E-state index >= 15 is 0 Å². The van der Waals surface area contributed by atoms with E-state index in [1.165, 1.54) is 32.1 Å². The van der Waals surface area contributed by atoms with E-state index in [4.69, 9.17) is 0 Å². The molecule has 0 aliphatic heterocycles. The van der Waals surface area contributed by atoms with Gasteiger partial charge in [0.2, 0.25) is 0 Å². The first-order valence-electron chi connectivity index (χ1n) is 7.84. The van der Waals surface area contributed by atoms with Crippen molar-refractivity contribution < 1.29 is 9.90 Å². The van der Waals surface area contributed by atoms with Gasteiger partial charge in [-0.15, -0.1) is 0 Å². The topological polar surface area (TPSA) is 37.3 Å². The molecule has 0 amide bonds. The molecule has 1 aliphatic carbocycles. The Kier molecular flexibility index (Phi) is 6.73. The van der Waals surface area contributed by atoms with E-state index in [2.05, 4.69) is 13.8 Å². The highest BCUT2D eigenvalue weighted by atomic mass is 16.4. The van der Waals surface area contributed by atoms with Gasteiger partial charge in [-0.25, -0.2) is 0 Å². The maximum absolute atomic E-state index is 11.5. The first-order chi connectivity index (χ1) is 8.60. The van der Waals surface area contributed by atoms with Crippen LogP contribution in [0, 0.1) is 11.3 Å². The van der Waals surface area contributed by atoms with Gasteiger partial charge in [0.05, 0.1) is 5.41 Å². The highest BCUT2D eigenvalue weighted by Gasteiger charge is 2.40. The fourth-order valence-corrected chi connectivity index (χ4v) is 3.13. The lowest BCUT2D eigenvalue weighted by Crippen LogP contribution is -2.35. The predicted molar refractivity (Wildman–Crippen MR) is 75.7 cm³/mol. The summed E-state index contributed by atoms with van der Waals surface area (Å²) in [5.41, 5.74) is -0.378. The van der Waals surface area contributed by atoms with Crippen LogP contribution >= 0.6 is 0 Å². The Hall–Kier alpha value is -0.530. The molecule has 0 aromatic carbocycles. The Morgan fingerprint density at radius 2 is 1.67 bits per heavy atom. The molecule has 0 bridgehead atoms. The van der Waals surface area contributed by atoms with E-state index in [0.29, 0.717) is 0 Å². The molecule has 0 unspecified atom stereocenters. The number of carbonyl (C=O) groups is 1. The zero-order valence-electron chi connectivity index (χ0n) is 12.2. The minimum Gasteiger partial charge on any atom is -0.481 e. The zero-order valence-corrected chi connectivity index (χ0v) is 12.2. The lowest BCUT2D eigenvalue weighted by Gasteiger charge is -2.35. The first-order valence-corrected chi connectivity index (χ1v) is 7.84. The van der Waals surface area contributed by atoms with Crippen molar-refractivity contribution in [1.82, 2.24) is 0 Å². The Labute approximate surface area is 112 Å². The fraction of sp³-hybridized carbons (Fsp3) is 0.938. The summed E-state index contributed by atoms with van der Waals surface area (Å²) >= 11 is 0. The van der Waals surface area contributed by atoms with E-state index in [1.54, 1.807) is 0 Å². The summed E-state index contributed by atoms with van der Waals surface area (Å²) in [5, 5.41) is 9.52. The second kappa shape index (κ2) is 7.81. The van der Waals surface area contributed by atoms with Crippen LogP contribution in [0.5, 0.6) is 0 Å². The van der Waals surface area contributed by atoms with Crippen molar-refractivity contribution in [3.63, 3.8) is 0 Å². The minimum atomic E-state index is -0.539. The van der Waals surface area contributed by atoms with Crippen LogP contribution in [0.25, 0.3) is 0 Å². The number of carboxylic acids is 1. The van der Waals surface area contributed by atoms with Crippen LogP contribution in [-0.2, 0) is 4.79 Å². The summed E-state index contributed by atoms with van der Waals surface area (Å²) in [4.78, 5) is 11.5. The Bertz CT molecular complexity index is 239. The van der Waals surface area contributed by atoms with Gasteiger partial charge in [0.15, 0.2) is 0 Å². The molecule has 2 nitrogen and oxygen atoms in total. The molecule has 1 rings (SSSR count). The van der Waals surface area contributed by atoms with Gasteiger partial charge in [-0.1, -0.05) is 52.4 Å². The molecule has 0 atom stereocenters. The number of hydrogen-bond donors (Lipinski definition) is 1. The SMILES string of the molecule is CCCCCCCCC1(C(=O)O)CCC(C)CC1. The Balaban J connectivity index is 2.28. The molecular weight excluding hydrogens is 224 g/mol. The number of aliphatic carboxylic acids is 1. The van der Waals surface area contributed by atoms with Gasteiger partial charge in [0.25, 0.3) is 0 Å². The van der Waals surface area contributed by atoms with Gasteiger partial charge in [-0.3, -0.25) is 4.79 Å². The Morgan fingerprint density at radius 1 is 1.11 bits per heavy atom. The van der Waals surface area contributed by atoms with E-state index in [9.17, 15) is 9.90 Å². The highest BCUT2D eigenvalue weighted by molar-refractivity contribution is 5.74. The molecule has 1 aliphatic rings. The fourth-order valence-electron chi connectivity index (χ4n) is 3.13. The molecule has 18 heavy (non-hydrogen) atoms. The summed E-state index contributed by atoms with van der Waals surface area (Å²) in [7, 11) is 0. The average molecular weight is 254 g/mol. The standard InChI is InChI=1S/C16H30O2/c1-3-4-5-6-7-8-11-16(15(17)18)12-9-14(2)10-13-16/h14H,3-13H2,1-2H3,(H,17,18). The average Bonchev–Trinajstić information content (AvgIpc) is 2.36. The molecule has 2 heteroatoms. The largest absolute Gasteiger partial charge is 0.481 e. The molecule has 0 saturated heterocycles. The minimum absolute atomic E-state index is 0.378. The maximum atomic E-state index is 11.5. The van der Waals surface area contributed by atoms with E-state index < -0.39 is 5.97 Å². The summed E-state index contributed by atoms with van der Waals surface area (Å²) in [6.45, 7) is 4.47. The van der Waals surface area contributed by atoms with Gasteiger partial charge in [-0.05, 0) is 38.0 Å². The Morgan fingerprint density at radius 3 is 2.22 bits per heavy atom. The van der Waals surface area contributed by atoms with Crippen molar-refractivity contribution in [3.8, 4) is 0 Å². The van der Waals surface area contributed by atoms with Crippen LogP contribution in [0.3, 0.4) is 0 Å². The summed E-state index contributed by atoms with van der Waals surface area (Å²) in [5.74, 6) is 0.185. The third kappa shape index (κ3) is 4.62.